The summed E-state index contributed by atoms with van der Waals surface area (Å²) in [5, 5.41) is 7.45. The lowest BCUT2D eigenvalue weighted by Crippen LogP contribution is -1.96. The van der Waals surface area contributed by atoms with Gasteiger partial charge >= 0.3 is 0 Å². The summed E-state index contributed by atoms with van der Waals surface area (Å²) in [7, 11) is 0. The largest absolute Gasteiger partial charge is 0.256 e. The van der Waals surface area contributed by atoms with Crippen LogP contribution >= 0.6 is 0 Å². The Hall–Kier alpha value is -6.45. The van der Waals surface area contributed by atoms with Gasteiger partial charge in [-0.2, -0.15) is 0 Å². The molecule has 224 valence electrons. The molecule has 0 amide bonds. The lowest BCUT2D eigenvalue weighted by molar-refractivity contribution is 1.18. The van der Waals surface area contributed by atoms with Gasteiger partial charge in [0, 0.05) is 28.5 Å². The molecule has 0 saturated carbocycles. The average molecular weight is 612 g/mol. The standard InChI is InChI=1S/C45H29N3/c1-3-12-30(13-4-1)43-29-44(48-45(47-43)31-14-5-2-6-15-31)34-17-11-16-32(26-34)33-21-23-38-39-24-22-35(42-20-9-10-25-46-42)28-41(39)37-19-8-7-18-36(37)40(38)27-33/h1-29H. The maximum atomic E-state index is 5.07. The SMILES string of the molecule is c1ccc(-c2cc(-c3cccc(-c4ccc5c6ccc(-c7ccccn7)cc6c6ccccc6c5c4)c3)nc(-c3ccccc3)n2)cc1. The lowest BCUT2D eigenvalue weighted by Gasteiger charge is -2.14. The number of benzene rings is 7. The van der Waals surface area contributed by atoms with Crippen LogP contribution in [0, 0.1) is 0 Å². The van der Waals surface area contributed by atoms with Crippen molar-refractivity contribution in [2.24, 2.45) is 0 Å². The quantitative estimate of drug-likeness (QED) is 0.182. The van der Waals surface area contributed by atoms with Crippen molar-refractivity contribution in [2.45, 2.75) is 0 Å². The van der Waals surface area contributed by atoms with Crippen molar-refractivity contribution in [2.75, 3.05) is 0 Å². The van der Waals surface area contributed by atoms with Crippen LogP contribution in [-0.4, -0.2) is 15.0 Å². The molecule has 2 heterocycles. The molecule has 0 saturated heterocycles. The van der Waals surface area contributed by atoms with Gasteiger partial charge in [0.05, 0.1) is 17.1 Å². The Labute approximate surface area is 278 Å². The summed E-state index contributed by atoms with van der Waals surface area (Å²) in [5.74, 6) is 0.715. The van der Waals surface area contributed by atoms with E-state index >= 15 is 0 Å². The van der Waals surface area contributed by atoms with E-state index in [1.165, 1.54) is 37.9 Å². The zero-order valence-electron chi connectivity index (χ0n) is 26.1. The monoisotopic (exact) mass is 611 g/mol. The van der Waals surface area contributed by atoms with Crippen molar-refractivity contribution in [3.8, 4) is 56.3 Å². The van der Waals surface area contributed by atoms with Crippen molar-refractivity contribution in [3.05, 3.63) is 176 Å². The normalized spacial score (nSPS) is 11.3. The molecular weight excluding hydrogens is 583 g/mol. The fourth-order valence-corrected chi connectivity index (χ4v) is 6.76. The van der Waals surface area contributed by atoms with E-state index in [0.29, 0.717) is 5.82 Å². The summed E-state index contributed by atoms with van der Waals surface area (Å²) in [6, 6.07) is 59.7. The van der Waals surface area contributed by atoms with E-state index in [1.807, 2.05) is 54.7 Å². The van der Waals surface area contributed by atoms with Gasteiger partial charge in [-0.15, -0.1) is 0 Å². The predicted octanol–water partition coefficient (Wildman–Crippen LogP) is 11.7. The highest BCUT2D eigenvalue weighted by molar-refractivity contribution is 6.26. The topological polar surface area (TPSA) is 38.7 Å². The molecule has 0 aliphatic heterocycles. The van der Waals surface area contributed by atoms with Gasteiger partial charge in [-0.1, -0.05) is 133 Å². The van der Waals surface area contributed by atoms with Gasteiger partial charge in [0.15, 0.2) is 5.82 Å². The molecule has 0 fully saturated rings. The minimum absolute atomic E-state index is 0.715. The zero-order valence-corrected chi connectivity index (χ0v) is 26.1. The number of rotatable bonds is 5. The molecule has 0 aliphatic carbocycles. The maximum Gasteiger partial charge on any atom is 0.160 e. The molecule has 0 atom stereocenters. The van der Waals surface area contributed by atoms with Crippen molar-refractivity contribution in [3.63, 3.8) is 0 Å². The molecule has 0 radical (unpaired) electrons. The Kier molecular flexibility index (Phi) is 6.80. The third kappa shape index (κ3) is 4.99. The molecule has 0 N–H and O–H groups in total. The van der Waals surface area contributed by atoms with Crippen LogP contribution in [0.2, 0.25) is 0 Å². The van der Waals surface area contributed by atoms with Gasteiger partial charge in [0.2, 0.25) is 0 Å². The molecule has 3 nitrogen and oxygen atoms in total. The van der Waals surface area contributed by atoms with Crippen LogP contribution in [0.4, 0.5) is 0 Å². The molecule has 7 aromatic carbocycles. The number of nitrogens with zero attached hydrogens (tertiary/aromatic N) is 3. The van der Waals surface area contributed by atoms with Crippen molar-refractivity contribution in [1.82, 2.24) is 15.0 Å². The van der Waals surface area contributed by atoms with E-state index in [4.69, 9.17) is 9.97 Å². The maximum absolute atomic E-state index is 5.07. The summed E-state index contributed by atoms with van der Waals surface area (Å²) >= 11 is 0. The van der Waals surface area contributed by atoms with Gasteiger partial charge in [-0.3, -0.25) is 4.98 Å². The van der Waals surface area contributed by atoms with Gasteiger partial charge < -0.3 is 0 Å². The summed E-state index contributed by atoms with van der Waals surface area (Å²) in [5.41, 5.74) is 9.32. The molecule has 0 aliphatic rings. The van der Waals surface area contributed by atoms with Crippen LogP contribution in [-0.2, 0) is 0 Å². The van der Waals surface area contributed by atoms with Gasteiger partial charge in [-0.25, -0.2) is 9.97 Å². The number of aromatic nitrogens is 3. The van der Waals surface area contributed by atoms with Crippen molar-refractivity contribution < 1.29 is 0 Å². The molecule has 48 heavy (non-hydrogen) atoms. The summed E-state index contributed by atoms with van der Waals surface area (Å²) in [6.07, 6.45) is 1.85. The number of hydrogen-bond donors (Lipinski definition) is 0. The Morgan fingerprint density at radius 2 is 0.771 bits per heavy atom. The average Bonchev–Trinajstić information content (AvgIpc) is 3.18. The van der Waals surface area contributed by atoms with Crippen LogP contribution in [0.3, 0.4) is 0 Å². The molecule has 9 aromatic rings. The van der Waals surface area contributed by atoms with Crippen molar-refractivity contribution >= 4 is 32.3 Å². The molecule has 9 rings (SSSR count). The van der Waals surface area contributed by atoms with Gasteiger partial charge in [0.25, 0.3) is 0 Å². The van der Waals surface area contributed by atoms with Crippen LogP contribution in [0.1, 0.15) is 0 Å². The van der Waals surface area contributed by atoms with Crippen LogP contribution < -0.4 is 0 Å². The molecule has 0 unspecified atom stereocenters. The second kappa shape index (κ2) is 11.7. The van der Waals surface area contributed by atoms with E-state index in [9.17, 15) is 0 Å². The van der Waals surface area contributed by atoms with E-state index in [1.54, 1.807) is 0 Å². The smallest absolute Gasteiger partial charge is 0.160 e. The van der Waals surface area contributed by atoms with Gasteiger partial charge in [-0.05, 0) is 79.8 Å². The summed E-state index contributed by atoms with van der Waals surface area (Å²) in [6.45, 7) is 0. The minimum atomic E-state index is 0.715. The second-order valence-corrected chi connectivity index (χ2v) is 12.1. The van der Waals surface area contributed by atoms with E-state index in [0.717, 1.165) is 44.9 Å². The zero-order chi connectivity index (χ0) is 31.9. The number of fused-ring (bicyclic) bond motifs is 6. The lowest BCUT2D eigenvalue weighted by atomic mass is 9.90. The molecular formula is C45H29N3. The van der Waals surface area contributed by atoms with E-state index in [-0.39, 0.29) is 0 Å². The Balaban J connectivity index is 1.18. The van der Waals surface area contributed by atoms with E-state index < -0.39 is 0 Å². The first kappa shape index (κ1) is 27.8. The van der Waals surface area contributed by atoms with Crippen LogP contribution in [0.15, 0.2) is 176 Å². The fourth-order valence-electron chi connectivity index (χ4n) is 6.76. The molecule has 3 heteroatoms. The summed E-state index contributed by atoms with van der Waals surface area (Å²) in [4.78, 5) is 14.7. The second-order valence-electron chi connectivity index (χ2n) is 12.1. The van der Waals surface area contributed by atoms with Crippen LogP contribution in [0.25, 0.3) is 88.6 Å². The Bertz CT molecular complexity index is 2520. The highest BCUT2D eigenvalue weighted by Gasteiger charge is 2.14. The molecule has 0 bridgehead atoms. The third-order valence-corrected chi connectivity index (χ3v) is 9.12. The summed E-state index contributed by atoms with van der Waals surface area (Å²) < 4.78 is 0. The van der Waals surface area contributed by atoms with E-state index in [2.05, 4.69) is 126 Å². The fraction of sp³-hybridized carbons (Fsp3) is 0. The Morgan fingerprint density at radius 3 is 1.46 bits per heavy atom. The minimum Gasteiger partial charge on any atom is -0.256 e. The first-order valence-electron chi connectivity index (χ1n) is 16.2. The molecule has 0 spiro atoms. The predicted molar refractivity (Wildman–Crippen MR) is 200 cm³/mol. The highest BCUT2D eigenvalue weighted by Crippen LogP contribution is 2.39. The van der Waals surface area contributed by atoms with Gasteiger partial charge in [0.1, 0.15) is 0 Å². The van der Waals surface area contributed by atoms with Crippen molar-refractivity contribution in [1.29, 1.82) is 0 Å². The highest BCUT2D eigenvalue weighted by atomic mass is 14.9. The third-order valence-electron chi connectivity index (χ3n) is 9.12. The number of pyridine rings is 1. The molecule has 2 aromatic heterocycles. The number of hydrogen-bond acceptors (Lipinski definition) is 3. The first-order valence-corrected chi connectivity index (χ1v) is 16.2. The Morgan fingerprint density at radius 1 is 0.271 bits per heavy atom. The first-order chi connectivity index (χ1) is 23.8. The van der Waals surface area contributed by atoms with Crippen LogP contribution in [0.5, 0.6) is 0 Å².